The first-order valence-electron chi connectivity index (χ1n) is 5.11. The van der Waals surface area contributed by atoms with Crippen molar-refractivity contribution in [2.45, 2.75) is 4.90 Å². The SMILES string of the molecule is O=C(O)C1CN(S(=O)(=O)c2c(F)cc(F)cc2Br)C1. The minimum Gasteiger partial charge on any atom is -0.481 e. The summed E-state index contributed by atoms with van der Waals surface area (Å²) < 4.78 is 51.3. The van der Waals surface area contributed by atoms with Gasteiger partial charge >= 0.3 is 5.97 Å². The highest BCUT2D eigenvalue weighted by molar-refractivity contribution is 9.10. The molecule has 1 aromatic carbocycles. The summed E-state index contributed by atoms with van der Waals surface area (Å²) in [6.07, 6.45) is 0. The van der Waals surface area contributed by atoms with Gasteiger partial charge in [0.1, 0.15) is 16.5 Å². The highest BCUT2D eigenvalue weighted by Crippen LogP contribution is 2.32. The molecule has 1 heterocycles. The molecule has 1 aliphatic heterocycles. The number of hydrogen-bond donors (Lipinski definition) is 1. The molecule has 1 N–H and O–H groups in total. The van der Waals surface area contributed by atoms with Crippen molar-refractivity contribution < 1.29 is 27.1 Å². The monoisotopic (exact) mass is 355 g/mol. The van der Waals surface area contributed by atoms with Crippen LogP contribution in [-0.2, 0) is 14.8 Å². The van der Waals surface area contributed by atoms with Crippen LogP contribution in [0.5, 0.6) is 0 Å². The van der Waals surface area contributed by atoms with Crippen LogP contribution in [0.15, 0.2) is 21.5 Å². The topological polar surface area (TPSA) is 74.7 Å². The molecule has 0 saturated carbocycles. The van der Waals surface area contributed by atoms with E-state index in [0.717, 1.165) is 10.4 Å². The first-order chi connectivity index (χ1) is 8.73. The lowest BCUT2D eigenvalue weighted by molar-refractivity contribution is -0.145. The fourth-order valence-corrected chi connectivity index (χ4v) is 4.34. The number of sulfonamides is 1. The number of carboxylic acids is 1. The van der Waals surface area contributed by atoms with Crippen molar-refractivity contribution in [3.63, 3.8) is 0 Å². The largest absolute Gasteiger partial charge is 0.481 e. The van der Waals surface area contributed by atoms with E-state index in [9.17, 15) is 22.0 Å². The van der Waals surface area contributed by atoms with E-state index < -0.39 is 38.4 Å². The summed E-state index contributed by atoms with van der Waals surface area (Å²) in [5, 5.41) is 8.68. The zero-order valence-electron chi connectivity index (χ0n) is 9.31. The standard InChI is InChI=1S/C10H8BrF2NO4S/c11-7-1-6(12)2-8(13)9(7)19(17,18)14-3-5(4-14)10(15)16/h1-2,5H,3-4H2,(H,15,16). The van der Waals surface area contributed by atoms with Gasteiger partial charge in [0.2, 0.25) is 10.0 Å². The third-order valence-corrected chi connectivity index (χ3v) is 5.55. The average molecular weight is 356 g/mol. The summed E-state index contributed by atoms with van der Waals surface area (Å²) in [5.41, 5.74) is 0. The average Bonchev–Trinajstić information content (AvgIpc) is 2.09. The summed E-state index contributed by atoms with van der Waals surface area (Å²) in [5.74, 6) is -4.02. The lowest BCUT2D eigenvalue weighted by atomic mass is 10.0. The summed E-state index contributed by atoms with van der Waals surface area (Å²) in [7, 11) is -4.17. The summed E-state index contributed by atoms with van der Waals surface area (Å²) in [6, 6.07) is 1.30. The predicted octanol–water partition coefficient (Wildman–Crippen LogP) is 1.43. The lowest BCUT2D eigenvalue weighted by Crippen LogP contribution is -2.53. The Labute approximate surface area is 116 Å². The van der Waals surface area contributed by atoms with Gasteiger partial charge in [-0.3, -0.25) is 4.79 Å². The van der Waals surface area contributed by atoms with Gasteiger partial charge in [-0.2, -0.15) is 4.31 Å². The minimum absolute atomic E-state index is 0.221. The second-order valence-electron chi connectivity index (χ2n) is 4.06. The van der Waals surface area contributed by atoms with Crippen LogP contribution in [0.25, 0.3) is 0 Å². The molecule has 1 aromatic rings. The highest BCUT2D eigenvalue weighted by Gasteiger charge is 2.42. The fraction of sp³-hybridized carbons (Fsp3) is 0.300. The zero-order chi connectivity index (χ0) is 14.4. The molecule has 9 heteroatoms. The van der Waals surface area contributed by atoms with Crippen LogP contribution in [0.3, 0.4) is 0 Å². The second kappa shape index (κ2) is 4.80. The molecule has 0 spiro atoms. The van der Waals surface area contributed by atoms with Gasteiger partial charge in [-0.05, 0) is 22.0 Å². The maximum atomic E-state index is 13.6. The third-order valence-electron chi connectivity index (χ3n) is 2.76. The minimum atomic E-state index is -4.17. The van der Waals surface area contributed by atoms with Crippen molar-refractivity contribution in [1.82, 2.24) is 4.31 Å². The van der Waals surface area contributed by atoms with Crippen molar-refractivity contribution in [3.8, 4) is 0 Å². The van der Waals surface area contributed by atoms with Crippen LogP contribution in [0.1, 0.15) is 0 Å². The van der Waals surface area contributed by atoms with Crippen LogP contribution in [0.4, 0.5) is 8.78 Å². The lowest BCUT2D eigenvalue weighted by Gasteiger charge is -2.35. The van der Waals surface area contributed by atoms with Crippen LogP contribution in [0.2, 0.25) is 0 Å². The van der Waals surface area contributed by atoms with Gasteiger partial charge in [-0.25, -0.2) is 17.2 Å². The van der Waals surface area contributed by atoms with Crippen LogP contribution in [-0.4, -0.2) is 36.9 Å². The summed E-state index contributed by atoms with van der Waals surface area (Å²) in [6.45, 7) is -0.443. The number of hydrogen-bond acceptors (Lipinski definition) is 3. The zero-order valence-corrected chi connectivity index (χ0v) is 11.7. The summed E-state index contributed by atoms with van der Waals surface area (Å²) >= 11 is 2.80. The number of halogens is 3. The van der Waals surface area contributed by atoms with Gasteiger partial charge in [-0.15, -0.1) is 0 Å². The predicted molar refractivity (Wildman–Crippen MR) is 63.9 cm³/mol. The number of aliphatic carboxylic acids is 1. The van der Waals surface area contributed by atoms with Gasteiger partial charge in [0.25, 0.3) is 0 Å². The molecule has 1 aliphatic rings. The first-order valence-corrected chi connectivity index (χ1v) is 7.34. The van der Waals surface area contributed by atoms with E-state index in [0.29, 0.717) is 6.07 Å². The smallest absolute Gasteiger partial charge is 0.309 e. The number of benzene rings is 1. The van der Waals surface area contributed by atoms with Gasteiger partial charge in [-0.1, -0.05) is 0 Å². The van der Waals surface area contributed by atoms with Crippen molar-refractivity contribution in [2.75, 3.05) is 13.1 Å². The van der Waals surface area contributed by atoms with E-state index in [1.807, 2.05) is 0 Å². The molecule has 0 atom stereocenters. The molecule has 0 aliphatic carbocycles. The Balaban J connectivity index is 2.35. The maximum Gasteiger partial charge on any atom is 0.309 e. The van der Waals surface area contributed by atoms with Crippen molar-refractivity contribution in [1.29, 1.82) is 0 Å². The summed E-state index contributed by atoms with van der Waals surface area (Å²) in [4.78, 5) is 9.93. The van der Waals surface area contributed by atoms with Gasteiger partial charge in [0, 0.05) is 23.6 Å². The molecular formula is C10H8BrF2NO4S. The Kier molecular flexibility index (Phi) is 3.63. The molecule has 104 valence electrons. The van der Waals surface area contributed by atoms with E-state index in [1.165, 1.54) is 0 Å². The van der Waals surface area contributed by atoms with Crippen molar-refractivity contribution >= 4 is 31.9 Å². The van der Waals surface area contributed by atoms with Crippen LogP contribution in [0, 0.1) is 17.6 Å². The Morgan fingerprint density at radius 2 is 1.95 bits per heavy atom. The molecule has 2 rings (SSSR count). The van der Waals surface area contributed by atoms with E-state index >= 15 is 0 Å². The Morgan fingerprint density at radius 1 is 1.37 bits per heavy atom. The number of carboxylic acid groups (broad SMARTS) is 1. The van der Waals surface area contributed by atoms with E-state index in [4.69, 9.17) is 5.11 Å². The molecule has 0 unspecified atom stereocenters. The number of carbonyl (C=O) groups is 1. The highest BCUT2D eigenvalue weighted by atomic mass is 79.9. The molecule has 0 bridgehead atoms. The van der Waals surface area contributed by atoms with Crippen molar-refractivity contribution in [3.05, 3.63) is 28.2 Å². The Bertz CT molecular complexity index is 620. The Hall–Kier alpha value is -1.06. The number of rotatable bonds is 3. The van der Waals surface area contributed by atoms with E-state index in [2.05, 4.69) is 15.9 Å². The molecule has 0 aromatic heterocycles. The van der Waals surface area contributed by atoms with Gasteiger partial charge < -0.3 is 5.11 Å². The Morgan fingerprint density at radius 3 is 2.42 bits per heavy atom. The molecule has 1 fully saturated rings. The fourth-order valence-electron chi connectivity index (χ4n) is 1.70. The third kappa shape index (κ3) is 2.49. The quantitative estimate of drug-likeness (QED) is 0.889. The van der Waals surface area contributed by atoms with Gasteiger partial charge in [0.15, 0.2) is 0 Å². The maximum absolute atomic E-state index is 13.6. The van der Waals surface area contributed by atoms with Crippen LogP contribution < -0.4 is 0 Å². The molecule has 1 saturated heterocycles. The van der Waals surface area contributed by atoms with Gasteiger partial charge in [0.05, 0.1) is 5.92 Å². The molecule has 5 nitrogen and oxygen atoms in total. The molecule has 19 heavy (non-hydrogen) atoms. The molecule has 0 radical (unpaired) electrons. The first kappa shape index (κ1) is 14.4. The van der Waals surface area contributed by atoms with E-state index in [-0.39, 0.29) is 17.6 Å². The molecular weight excluding hydrogens is 348 g/mol. The normalized spacial score (nSPS) is 17.2. The van der Waals surface area contributed by atoms with E-state index in [1.54, 1.807) is 0 Å². The van der Waals surface area contributed by atoms with Crippen molar-refractivity contribution in [2.24, 2.45) is 5.92 Å². The number of nitrogens with zero attached hydrogens (tertiary/aromatic N) is 1. The molecule has 0 amide bonds. The second-order valence-corrected chi connectivity index (χ2v) is 6.78. The van der Waals surface area contributed by atoms with Crippen LogP contribution >= 0.6 is 15.9 Å².